The standard InChI is InChI=1S/C13H19NO4Si/c1-13(2,3)19(4,5)18-12-7-6-11(14(16)17)8-10(12)9-15/h6-9H,1-5H3. The zero-order valence-corrected chi connectivity index (χ0v) is 12.9. The molecule has 0 saturated heterocycles. The van der Waals surface area contributed by atoms with Crippen LogP contribution in [-0.4, -0.2) is 19.5 Å². The van der Waals surface area contributed by atoms with Crippen LogP contribution in [0.2, 0.25) is 18.1 Å². The number of rotatable bonds is 4. The summed E-state index contributed by atoms with van der Waals surface area (Å²) in [6.07, 6.45) is 0.593. The molecule has 0 amide bonds. The smallest absolute Gasteiger partial charge is 0.270 e. The second-order valence-electron chi connectivity index (χ2n) is 5.96. The Hall–Kier alpha value is -1.69. The first kappa shape index (κ1) is 15.4. The van der Waals surface area contributed by atoms with Gasteiger partial charge in [0.25, 0.3) is 14.0 Å². The molecule has 5 nitrogen and oxygen atoms in total. The minimum Gasteiger partial charge on any atom is -0.543 e. The van der Waals surface area contributed by atoms with Crippen LogP contribution in [0, 0.1) is 10.1 Å². The van der Waals surface area contributed by atoms with E-state index in [0.29, 0.717) is 12.0 Å². The van der Waals surface area contributed by atoms with Crippen LogP contribution in [0.5, 0.6) is 5.75 Å². The molecular weight excluding hydrogens is 262 g/mol. The fraction of sp³-hybridized carbons (Fsp3) is 0.462. The second-order valence-corrected chi connectivity index (χ2v) is 10.7. The number of nitro groups is 1. The molecule has 0 heterocycles. The zero-order valence-electron chi connectivity index (χ0n) is 11.9. The second kappa shape index (κ2) is 5.12. The fourth-order valence-electron chi connectivity index (χ4n) is 1.26. The van der Waals surface area contributed by atoms with E-state index < -0.39 is 13.2 Å². The number of nitrogens with zero attached hydrogens (tertiary/aromatic N) is 1. The van der Waals surface area contributed by atoms with Gasteiger partial charge in [-0.05, 0) is 24.2 Å². The summed E-state index contributed by atoms with van der Waals surface area (Å²) in [7, 11) is -2.07. The van der Waals surface area contributed by atoms with E-state index in [4.69, 9.17) is 4.43 Å². The summed E-state index contributed by atoms with van der Waals surface area (Å²) in [6, 6.07) is 4.10. The normalized spacial score (nSPS) is 12.1. The van der Waals surface area contributed by atoms with Gasteiger partial charge >= 0.3 is 0 Å². The largest absolute Gasteiger partial charge is 0.543 e. The molecule has 0 aromatic heterocycles. The average Bonchev–Trinajstić information content (AvgIpc) is 2.27. The molecule has 0 aliphatic carbocycles. The topological polar surface area (TPSA) is 69.4 Å². The molecule has 6 heteroatoms. The number of non-ortho nitro benzene ring substituents is 1. The molecule has 0 N–H and O–H groups in total. The number of carbonyl (C=O) groups is 1. The zero-order chi connectivity index (χ0) is 14.8. The number of benzene rings is 1. The highest BCUT2D eigenvalue weighted by Crippen LogP contribution is 2.38. The fourth-order valence-corrected chi connectivity index (χ4v) is 2.30. The Bertz CT molecular complexity index is 506. The van der Waals surface area contributed by atoms with Crippen LogP contribution in [0.3, 0.4) is 0 Å². The Morgan fingerprint density at radius 1 is 1.32 bits per heavy atom. The third-order valence-electron chi connectivity index (χ3n) is 3.50. The maximum Gasteiger partial charge on any atom is 0.270 e. The molecule has 0 fully saturated rings. The molecule has 0 aliphatic heterocycles. The van der Waals surface area contributed by atoms with Crippen molar-refractivity contribution >= 4 is 20.3 Å². The van der Waals surface area contributed by atoms with E-state index in [1.165, 1.54) is 18.2 Å². The summed E-state index contributed by atoms with van der Waals surface area (Å²) < 4.78 is 6.01. The van der Waals surface area contributed by atoms with Gasteiger partial charge in [-0.2, -0.15) is 0 Å². The maximum atomic E-state index is 11.1. The van der Waals surface area contributed by atoms with Gasteiger partial charge in [-0.25, -0.2) is 0 Å². The molecule has 104 valence electrons. The van der Waals surface area contributed by atoms with Crippen molar-refractivity contribution in [3.63, 3.8) is 0 Å². The van der Waals surface area contributed by atoms with Gasteiger partial charge in [-0.15, -0.1) is 0 Å². The predicted octanol–water partition coefficient (Wildman–Crippen LogP) is 3.79. The van der Waals surface area contributed by atoms with E-state index in [1.807, 2.05) is 0 Å². The molecule has 0 bridgehead atoms. The number of nitro benzene ring substituents is 1. The third kappa shape index (κ3) is 3.41. The number of aldehydes is 1. The van der Waals surface area contributed by atoms with E-state index in [0.717, 1.165) is 0 Å². The molecule has 0 aliphatic rings. The molecule has 19 heavy (non-hydrogen) atoms. The molecule has 0 atom stereocenters. The lowest BCUT2D eigenvalue weighted by molar-refractivity contribution is -0.384. The first-order valence-corrected chi connectivity index (χ1v) is 8.92. The highest BCUT2D eigenvalue weighted by Gasteiger charge is 2.39. The minimum absolute atomic E-state index is 0.00503. The molecule has 0 unspecified atom stereocenters. The van der Waals surface area contributed by atoms with E-state index in [1.54, 1.807) is 0 Å². The summed E-state index contributed by atoms with van der Waals surface area (Å²) in [6.45, 7) is 10.4. The van der Waals surface area contributed by atoms with Crippen LogP contribution >= 0.6 is 0 Å². The van der Waals surface area contributed by atoms with Gasteiger partial charge in [0.1, 0.15) is 5.75 Å². The first-order chi connectivity index (χ1) is 8.58. The Labute approximate surface area is 113 Å². The van der Waals surface area contributed by atoms with Crippen molar-refractivity contribution in [2.75, 3.05) is 0 Å². The first-order valence-electron chi connectivity index (χ1n) is 6.01. The van der Waals surface area contributed by atoms with Gasteiger partial charge in [-0.1, -0.05) is 20.8 Å². The summed E-state index contributed by atoms with van der Waals surface area (Å²) >= 11 is 0. The summed E-state index contributed by atoms with van der Waals surface area (Å²) in [5.74, 6) is 0.423. The van der Waals surface area contributed by atoms with Crippen LogP contribution in [0.1, 0.15) is 31.1 Å². The molecule has 0 radical (unpaired) electrons. The molecular formula is C13H19NO4Si. The van der Waals surface area contributed by atoms with Crippen molar-refractivity contribution in [2.45, 2.75) is 38.9 Å². The Balaban J connectivity index is 3.16. The Morgan fingerprint density at radius 2 is 1.89 bits per heavy atom. The maximum absolute atomic E-state index is 11.1. The minimum atomic E-state index is -2.07. The lowest BCUT2D eigenvalue weighted by Gasteiger charge is -2.36. The van der Waals surface area contributed by atoms with Crippen molar-refractivity contribution < 1.29 is 14.1 Å². The SMILES string of the molecule is CC(C)(C)[Si](C)(C)Oc1ccc([N+](=O)[O-])cc1C=O. The monoisotopic (exact) mass is 281 g/mol. The summed E-state index contributed by atoms with van der Waals surface area (Å²) in [5.41, 5.74) is 0.115. The van der Waals surface area contributed by atoms with Gasteiger partial charge in [0.2, 0.25) is 0 Å². The van der Waals surface area contributed by atoms with Crippen LogP contribution in [0.4, 0.5) is 5.69 Å². The lowest BCUT2D eigenvalue weighted by Crippen LogP contribution is -2.44. The molecule has 1 aromatic rings. The van der Waals surface area contributed by atoms with Crippen LogP contribution < -0.4 is 4.43 Å². The van der Waals surface area contributed by atoms with Crippen LogP contribution in [-0.2, 0) is 0 Å². The predicted molar refractivity (Wildman–Crippen MR) is 76.3 cm³/mol. The number of carbonyl (C=O) groups excluding carboxylic acids is 1. The van der Waals surface area contributed by atoms with Gasteiger partial charge in [0.05, 0.1) is 10.5 Å². The van der Waals surface area contributed by atoms with Crippen LogP contribution in [0.15, 0.2) is 18.2 Å². The Morgan fingerprint density at radius 3 is 2.32 bits per heavy atom. The van der Waals surface area contributed by atoms with E-state index in [2.05, 4.69) is 33.9 Å². The lowest BCUT2D eigenvalue weighted by atomic mass is 10.2. The molecule has 1 rings (SSSR count). The average molecular weight is 281 g/mol. The van der Waals surface area contributed by atoms with Crippen molar-refractivity contribution in [3.05, 3.63) is 33.9 Å². The van der Waals surface area contributed by atoms with Crippen LogP contribution in [0.25, 0.3) is 0 Å². The Kier molecular flexibility index (Phi) is 4.14. The van der Waals surface area contributed by atoms with E-state index in [-0.39, 0.29) is 16.3 Å². The van der Waals surface area contributed by atoms with E-state index in [9.17, 15) is 14.9 Å². The number of hydrogen-bond donors (Lipinski definition) is 0. The summed E-state index contributed by atoms with van der Waals surface area (Å²) in [5, 5.41) is 10.7. The van der Waals surface area contributed by atoms with Crippen molar-refractivity contribution in [2.24, 2.45) is 0 Å². The van der Waals surface area contributed by atoms with Crippen molar-refractivity contribution in [1.82, 2.24) is 0 Å². The molecule has 0 saturated carbocycles. The van der Waals surface area contributed by atoms with Crippen molar-refractivity contribution in [1.29, 1.82) is 0 Å². The van der Waals surface area contributed by atoms with Crippen molar-refractivity contribution in [3.8, 4) is 5.75 Å². The quantitative estimate of drug-likeness (QED) is 0.364. The van der Waals surface area contributed by atoms with Gasteiger partial charge in [0.15, 0.2) is 6.29 Å². The molecule has 1 aromatic carbocycles. The van der Waals surface area contributed by atoms with E-state index >= 15 is 0 Å². The molecule has 0 spiro atoms. The van der Waals surface area contributed by atoms with Gasteiger partial charge in [0, 0.05) is 12.1 Å². The number of hydrogen-bond acceptors (Lipinski definition) is 4. The third-order valence-corrected chi connectivity index (χ3v) is 7.85. The van der Waals surface area contributed by atoms with Gasteiger partial charge < -0.3 is 4.43 Å². The van der Waals surface area contributed by atoms with Gasteiger partial charge in [-0.3, -0.25) is 14.9 Å². The highest BCUT2D eigenvalue weighted by atomic mass is 28.4. The highest BCUT2D eigenvalue weighted by molar-refractivity contribution is 6.74. The summed E-state index contributed by atoms with van der Waals surface area (Å²) in [4.78, 5) is 21.2.